The number of allylic oxidation sites excluding steroid dienone is 4. The molecule has 96 heavy (non-hydrogen) atoms. The predicted molar refractivity (Wildman–Crippen MR) is 403 cm³/mol. The molecule has 454 valence electrons. The molecule has 3 aliphatic carbocycles. The van der Waals surface area contributed by atoms with Gasteiger partial charge in [-0.15, -0.1) is 0 Å². The summed E-state index contributed by atoms with van der Waals surface area (Å²) in [5.41, 5.74) is 21.9. The number of para-hydroxylation sites is 3. The standard InChI is InChI=1S/C92H66N4/c1-2-25-71(26-3-1)96-86-53-37-59(38-54-87-93-83-35-16-17-36-85(83)95(87)72-50-47-64(48-51-72)88-77-30-12-14-32-79(77)91(80-33-15-13-31-78(80)88)74-34-18-24-63-21-8-9-27-73(63)74)55-84(86)94-92(96)65-43-39-62(40-44-65)68-49-52-81-82(58-68)90(70-46-42-61-20-5-7-23-67(61)57-70)76-29-11-10-28-75(76)89(81)69-45-41-60-19-4-6-22-66(60)56-69/h1-17,19-33,35-37,39-53,55-58,77,79,87,93H,18,34,38,54H2. The molecule has 3 atom stereocenters. The maximum absolute atomic E-state index is 5.54. The fourth-order valence-corrected chi connectivity index (χ4v) is 16.6. The number of fused-ring (bicyclic) bond motifs is 9. The molecule has 0 spiro atoms. The van der Waals surface area contributed by atoms with Gasteiger partial charge in [0.15, 0.2) is 0 Å². The SMILES string of the molecule is C1=CC2C(C3=c4ccccc4=CCC3)=c3ccccc3=C(c3ccc(N4c5ccccc5NC4CCc4ccc5c(c4)nc(-c4ccc(-c6ccc7c(-c8ccc9ccccc9c8)c8ccccc8c(-c8ccc9ccccc9c8)c7c6)cc4)n5-c4ccccc4)cc3)C2C=C1. The molecule has 4 aliphatic rings. The molecule has 4 heteroatoms. The van der Waals surface area contributed by atoms with Crippen LogP contribution >= 0.6 is 0 Å². The van der Waals surface area contributed by atoms with Gasteiger partial charge in [0.25, 0.3) is 0 Å². The van der Waals surface area contributed by atoms with Crippen molar-refractivity contribution in [3.8, 4) is 50.5 Å². The first-order valence-corrected chi connectivity index (χ1v) is 34.0. The minimum atomic E-state index is 0.0439. The maximum atomic E-state index is 5.54. The smallest absolute Gasteiger partial charge is 0.145 e. The molecule has 0 bridgehead atoms. The number of nitrogens with one attached hydrogen (secondary N) is 1. The van der Waals surface area contributed by atoms with Crippen LogP contribution in [0, 0.1) is 11.8 Å². The molecule has 3 unspecified atom stereocenters. The van der Waals surface area contributed by atoms with Crippen LogP contribution in [0.4, 0.5) is 17.1 Å². The molecule has 1 N–H and O–H groups in total. The van der Waals surface area contributed by atoms with Crippen LogP contribution in [-0.2, 0) is 6.42 Å². The Labute approximate surface area is 558 Å². The highest BCUT2D eigenvalue weighted by Crippen LogP contribution is 2.48. The Morgan fingerprint density at radius 2 is 0.979 bits per heavy atom. The predicted octanol–water partition coefficient (Wildman–Crippen LogP) is 20.0. The van der Waals surface area contributed by atoms with Crippen molar-refractivity contribution >= 4 is 94.0 Å². The van der Waals surface area contributed by atoms with Crippen LogP contribution in [0.3, 0.4) is 0 Å². The Hall–Kier alpha value is -11.9. The molecule has 14 aromatic carbocycles. The average Bonchev–Trinajstić information content (AvgIpc) is 1.04. The van der Waals surface area contributed by atoms with Crippen molar-refractivity contribution in [2.24, 2.45) is 11.8 Å². The van der Waals surface area contributed by atoms with E-state index in [0.717, 1.165) is 70.6 Å². The van der Waals surface area contributed by atoms with E-state index in [4.69, 9.17) is 4.98 Å². The summed E-state index contributed by atoms with van der Waals surface area (Å²) in [6.07, 6.45) is 15.8. The second-order valence-electron chi connectivity index (χ2n) is 26.3. The van der Waals surface area contributed by atoms with Gasteiger partial charge in [-0.3, -0.25) is 4.57 Å². The van der Waals surface area contributed by atoms with Crippen molar-refractivity contribution in [1.82, 2.24) is 9.55 Å². The number of nitrogens with zero attached hydrogens (tertiary/aromatic N) is 3. The quantitative estimate of drug-likeness (QED) is 0.131. The summed E-state index contributed by atoms with van der Waals surface area (Å²) >= 11 is 0. The molecule has 0 amide bonds. The number of hydrogen-bond acceptors (Lipinski definition) is 3. The first-order chi connectivity index (χ1) is 47.6. The van der Waals surface area contributed by atoms with Crippen LogP contribution in [0.2, 0.25) is 0 Å². The third-order valence-electron chi connectivity index (χ3n) is 20.9. The van der Waals surface area contributed by atoms with E-state index in [-0.39, 0.29) is 18.0 Å². The monoisotopic (exact) mass is 1230 g/mol. The molecule has 0 radical (unpaired) electrons. The van der Waals surface area contributed by atoms with Crippen molar-refractivity contribution in [1.29, 1.82) is 0 Å². The Morgan fingerprint density at radius 1 is 0.406 bits per heavy atom. The topological polar surface area (TPSA) is 33.1 Å². The highest BCUT2D eigenvalue weighted by Gasteiger charge is 2.34. The second kappa shape index (κ2) is 23.0. The lowest BCUT2D eigenvalue weighted by Gasteiger charge is -2.35. The van der Waals surface area contributed by atoms with Gasteiger partial charge in [-0.25, -0.2) is 4.98 Å². The van der Waals surface area contributed by atoms with Gasteiger partial charge in [-0.2, -0.15) is 0 Å². The third-order valence-corrected chi connectivity index (χ3v) is 20.9. The van der Waals surface area contributed by atoms with Crippen LogP contribution < -0.4 is 31.1 Å². The van der Waals surface area contributed by atoms with E-state index in [0.29, 0.717) is 0 Å². The van der Waals surface area contributed by atoms with Crippen molar-refractivity contribution in [2.75, 3.05) is 10.2 Å². The number of anilines is 3. The summed E-state index contributed by atoms with van der Waals surface area (Å²) in [6.45, 7) is 0. The van der Waals surface area contributed by atoms with Crippen LogP contribution in [0.25, 0.3) is 127 Å². The summed E-state index contributed by atoms with van der Waals surface area (Å²) in [5.74, 6) is 1.39. The molecule has 1 aromatic heterocycles. The normalized spacial score (nSPS) is 16.2. The third kappa shape index (κ3) is 9.38. The first-order valence-electron chi connectivity index (χ1n) is 34.0. The Balaban J connectivity index is 0.653. The minimum absolute atomic E-state index is 0.0439. The van der Waals surface area contributed by atoms with Crippen LogP contribution in [0.1, 0.15) is 30.4 Å². The lowest BCUT2D eigenvalue weighted by Crippen LogP contribution is -2.42. The number of benzene rings is 14. The molecule has 15 aromatic rings. The Morgan fingerprint density at radius 3 is 1.72 bits per heavy atom. The summed E-state index contributed by atoms with van der Waals surface area (Å²) < 4.78 is 2.33. The van der Waals surface area contributed by atoms with E-state index in [1.54, 1.807) is 0 Å². The van der Waals surface area contributed by atoms with E-state index in [1.165, 1.54) is 125 Å². The summed E-state index contributed by atoms with van der Waals surface area (Å²) in [6, 6.07) is 110. The summed E-state index contributed by atoms with van der Waals surface area (Å²) in [5, 5.41) is 19.3. The summed E-state index contributed by atoms with van der Waals surface area (Å²) in [7, 11) is 0. The average molecular weight is 1230 g/mol. The molecule has 19 rings (SSSR count). The molecular weight excluding hydrogens is 1160 g/mol. The zero-order valence-corrected chi connectivity index (χ0v) is 53.1. The Bertz CT molecular complexity index is 6010. The number of imidazole rings is 1. The highest BCUT2D eigenvalue weighted by molar-refractivity contribution is 6.22. The molecule has 0 saturated carbocycles. The number of rotatable bonds is 11. The fraction of sp³-hybridized carbons (Fsp3) is 0.0761. The molecule has 4 nitrogen and oxygen atoms in total. The zero-order valence-electron chi connectivity index (χ0n) is 53.1. The Kier molecular flexibility index (Phi) is 13.4. The van der Waals surface area contributed by atoms with E-state index >= 15 is 0 Å². The summed E-state index contributed by atoms with van der Waals surface area (Å²) in [4.78, 5) is 8.05. The number of aryl methyl sites for hydroxylation is 1. The number of hydrogen-bond donors (Lipinski definition) is 1. The molecular formula is C92H66N4. The van der Waals surface area contributed by atoms with Gasteiger partial charge >= 0.3 is 0 Å². The zero-order chi connectivity index (χ0) is 63.2. The van der Waals surface area contributed by atoms with Gasteiger partial charge in [-0.05, 0) is 218 Å². The fourth-order valence-electron chi connectivity index (χ4n) is 16.6. The highest BCUT2D eigenvalue weighted by atomic mass is 15.3. The van der Waals surface area contributed by atoms with Crippen molar-refractivity contribution in [3.05, 3.63) is 354 Å². The van der Waals surface area contributed by atoms with Gasteiger partial charge in [0.05, 0.1) is 22.4 Å². The molecule has 0 saturated heterocycles. The van der Waals surface area contributed by atoms with Crippen LogP contribution in [0.15, 0.2) is 322 Å². The van der Waals surface area contributed by atoms with Crippen molar-refractivity contribution < 1.29 is 0 Å². The first kappa shape index (κ1) is 55.8. The van der Waals surface area contributed by atoms with Crippen LogP contribution in [-0.4, -0.2) is 15.7 Å². The van der Waals surface area contributed by atoms with Gasteiger partial charge in [-0.1, -0.05) is 261 Å². The largest absolute Gasteiger partial charge is 0.363 e. The van der Waals surface area contributed by atoms with Gasteiger partial charge in [0.1, 0.15) is 12.0 Å². The van der Waals surface area contributed by atoms with Crippen LogP contribution in [0.5, 0.6) is 0 Å². The lowest BCUT2D eigenvalue weighted by molar-refractivity contribution is 0.679. The maximum Gasteiger partial charge on any atom is 0.145 e. The van der Waals surface area contributed by atoms with Gasteiger partial charge in [0, 0.05) is 28.8 Å². The van der Waals surface area contributed by atoms with Crippen molar-refractivity contribution in [2.45, 2.75) is 31.8 Å². The van der Waals surface area contributed by atoms with E-state index in [2.05, 4.69) is 342 Å². The van der Waals surface area contributed by atoms with E-state index < -0.39 is 0 Å². The molecule has 0 fully saturated rings. The molecule has 2 heterocycles. The minimum Gasteiger partial charge on any atom is -0.363 e. The van der Waals surface area contributed by atoms with Gasteiger partial charge in [0.2, 0.25) is 0 Å². The van der Waals surface area contributed by atoms with E-state index in [9.17, 15) is 0 Å². The molecule has 1 aliphatic heterocycles. The number of aromatic nitrogens is 2. The van der Waals surface area contributed by atoms with Gasteiger partial charge < -0.3 is 10.2 Å². The second-order valence-corrected chi connectivity index (χ2v) is 26.3. The van der Waals surface area contributed by atoms with Crippen molar-refractivity contribution in [3.63, 3.8) is 0 Å². The van der Waals surface area contributed by atoms with E-state index in [1.807, 2.05) is 0 Å². The lowest BCUT2D eigenvalue weighted by atomic mass is 9.69.